The maximum atomic E-state index is 12.5. The first-order valence-corrected chi connectivity index (χ1v) is 11.0. The molecular weight excluding hydrogens is 410 g/mol. The second-order valence-corrected chi connectivity index (χ2v) is 9.76. The molecule has 8 heteroatoms. The Morgan fingerprint density at radius 3 is 2.55 bits per heavy atom. The minimum absolute atomic E-state index is 0.0877. The highest BCUT2D eigenvalue weighted by atomic mass is 32.2. The van der Waals surface area contributed by atoms with Gasteiger partial charge in [0.25, 0.3) is 0 Å². The molecule has 3 N–H and O–H groups in total. The number of hydrogen-bond donors (Lipinski definition) is 2. The van der Waals surface area contributed by atoms with Gasteiger partial charge in [0.1, 0.15) is 12.4 Å². The first-order chi connectivity index (χ1) is 14.6. The number of amides is 1. The van der Waals surface area contributed by atoms with Crippen LogP contribution in [0.4, 0.5) is 5.69 Å². The van der Waals surface area contributed by atoms with Crippen LogP contribution in [0, 0.1) is 6.92 Å². The predicted molar refractivity (Wildman–Crippen MR) is 125 cm³/mol. The molecule has 7 nitrogen and oxygen atoms in total. The van der Waals surface area contributed by atoms with Gasteiger partial charge in [-0.15, -0.1) is 10.2 Å². The highest BCUT2D eigenvalue weighted by Crippen LogP contribution is 2.25. The van der Waals surface area contributed by atoms with Crippen LogP contribution in [0.15, 0.2) is 53.7 Å². The van der Waals surface area contributed by atoms with E-state index in [9.17, 15) is 4.79 Å². The normalized spacial score (nSPS) is 12.4. The molecule has 1 atom stereocenters. The Morgan fingerprint density at radius 2 is 1.90 bits per heavy atom. The highest BCUT2D eigenvalue weighted by Gasteiger charge is 2.20. The van der Waals surface area contributed by atoms with Crippen molar-refractivity contribution in [2.75, 3.05) is 11.2 Å². The number of nitrogen functional groups attached to an aromatic ring is 1. The summed E-state index contributed by atoms with van der Waals surface area (Å²) in [5, 5.41) is 11.2. The Labute approximate surface area is 187 Å². The van der Waals surface area contributed by atoms with E-state index in [0.29, 0.717) is 11.0 Å². The van der Waals surface area contributed by atoms with Crippen LogP contribution >= 0.6 is 11.8 Å². The van der Waals surface area contributed by atoms with Gasteiger partial charge >= 0.3 is 0 Å². The van der Waals surface area contributed by atoms with E-state index in [0.717, 1.165) is 17.0 Å². The second kappa shape index (κ2) is 9.43. The van der Waals surface area contributed by atoms with Gasteiger partial charge in [0.2, 0.25) is 11.1 Å². The lowest BCUT2D eigenvalue weighted by Crippen LogP contribution is -2.24. The third kappa shape index (κ3) is 6.01. The maximum absolute atomic E-state index is 12.5. The summed E-state index contributed by atoms with van der Waals surface area (Å²) in [5.41, 5.74) is 3.17. The zero-order chi connectivity index (χ0) is 22.6. The number of ether oxygens (including phenoxy) is 1. The van der Waals surface area contributed by atoms with Crippen molar-refractivity contribution in [1.29, 1.82) is 0 Å². The number of carbonyl (C=O) groups excluding carboxylic acids is 1. The Hall–Kier alpha value is -3.00. The number of nitrogens with zero attached hydrogens (tertiary/aromatic N) is 3. The van der Waals surface area contributed by atoms with E-state index in [1.165, 1.54) is 22.0 Å². The van der Waals surface area contributed by atoms with Gasteiger partial charge < -0.3 is 15.9 Å². The van der Waals surface area contributed by atoms with Gasteiger partial charge in [0.05, 0.1) is 5.25 Å². The van der Waals surface area contributed by atoms with Gasteiger partial charge in [-0.05, 0) is 54.7 Å². The summed E-state index contributed by atoms with van der Waals surface area (Å²) >= 11 is 1.25. The van der Waals surface area contributed by atoms with Crippen molar-refractivity contribution < 1.29 is 9.53 Å². The van der Waals surface area contributed by atoms with E-state index in [2.05, 4.69) is 48.4 Å². The largest absolute Gasteiger partial charge is 0.486 e. The van der Waals surface area contributed by atoms with Crippen molar-refractivity contribution in [3.8, 4) is 5.75 Å². The smallest absolute Gasteiger partial charge is 0.237 e. The average Bonchev–Trinajstić information content (AvgIpc) is 3.05. The lowest BCUT2D eigenvalue weighted by Gasteiger charge is -2.19. The van der Waals surface area contributed by atoms with Crippen molar-refractivity contribution in [1.82, 2.24) is 14.9 Å². The Bertz CT molecular complexity index is 1040. The van der Waals surface area contributed by atoms with E-state index >= 15 is 0 Å². The Balaban J connectivity index is 1.57. The van der Waals surface area contributed by atoms with E-state index in [1.54, 1.807) is 6.92 Å². The first kappa shape index (κ1) is 22.7. The van der Waals surface area contributed by atoms with Crippen molar-refractivity contribution in [2.45, 2.75) is 57.0 Å². The second-order valence-electron chi connectivity index (χ2n) is 8.45. The topological polar surface area (TPSA) is 95.1 Å². The maximum Gasteiger partial charge on any atom is 0.237 e. The molecule has 3 aromatic rings. The number of aromatic nitrogens is 3. The van der Waals surface area contributed by atoms with Crippen LogP contribution in [0.25, 0.3) is 0 Å². The number of rotatable bonds is 7. The molecule has 0 aliphatic carbocycles. The monoisotopic (exact) mass is 439 g/mol. The van der Waals surface area contributed by atoms with Crippen molar-refractivity contribution in [3.05, 3.63) is 65.5 Å². The molecule has 1 unspecified atom stereocenters. The van der Waals surface area contributed by atoms with Gasteiger partial charge in [0, 0.05) is 5.69 Å². The van der Waals surface area contributed by atoms with Crippen LogP contribution in [0.3, 0.4) is 0 Å². The fraction of sp³-hybridized carbons (Fsp3) is 0.348. The Morgan fingerprint density at radius 1 is 1.19 bits per heavy atom. The molecule has 2 aromatic carbocycles. The number of carbonyl (C=O) groups is 1. The molecule has 1 aromatic heterocycles. The van der Waals surface area contributed by atoms with Crippen LogP contribution < -0.4 is 15.9 Å². The molecule has 1 heterocycles. The van der Waals surface area contributed by atoms with Crippen LogP contribution in [0.5, 0.6) is 5.75 Å². The SMILES string of the molecule is Cc1cccc(NC(=O)C(C)Sc2nnc(COc3ccc(C(C)(C)C)cc3)n2N)c1. The van der Waals surface area contributed by atoms with Gasteiger partial charge in [-0.1, -0.05) is 56.8 Å². The number of thioether (sulfide) groups is 1. The number of nitrogens with one attached hydrogen (secondary N) is 1. The number of anilines is 1. The molecular formula is C23H29N5O2S. The summed E-state index contributed by atoms with van der Waals surface area (Å²) in [5.74, 6) is 7.21. The first-order valence-electron chi connectivity index (χ1n) is 10.1. The molecule has 0 fully saturated rings. The predicted octanol–water partition coefficient (Wildman–Crippen LogP) is 4.30. The van der Waals surface area contributed by atoms with Crippen molar-refractivity contribution in [2.24, 2.45) is 0 Å². The summed E-state index contributed by atoms with van der Waals surface area (Å²) in [6.07, 6.45) is 0. The Kier molecular flexibility index (Phi) is 6.90. The molecule has 0 aliphatic heterocycles. The fourth-order valence-corrected chi connectivity index (χ4v) is 3.65. The molecule has 0 aliphatic rings. The summed E-state index contributed by atoms with van der Waals surface area (Å²) in [7, 11) is 0. The van der Waals surface area contributed by atoms with Gasteiger partial charge in [-0.2, -0.15) is 0 Å². The zero-order valence-electron chi connectivity index (χ0n) is 18.5. The van der Waals surface area contributed by atoms with Gasteiger partial charge in [-0.3, -0.25) is 4.79 Å². The molecule has 0 spiro atoms. The summed E-state index contributed by atoms with van der Waals surface area (Å²) in [6, 6.07) is 15.6. The lowest BCUT2D eigenvalue weighted by atomic mass is 9.87. The number of hydrogen-bond acceptors (Lipinski definition) is 6. The third-order valence-corrected chi connectivity index (χ3v) is 5.82. The molecule has 0 bridgehead atoms. The van der Waals surface area contributed by atoms with Crippen LogP contribution in [0.2, 0.25) is 0 Å². The molecule has 0 saturated heterocycles. The number of aryl methyl sites for hydroxylation is 1. The lowest BCUT2D eigenvalue weighted by molar-refractivity contribution is -0.115. The van der Waals surface area contributed by atoms with E-state index < -0.39 is 5.25 Å². The highest BCUT2D eigenvalue weighted by molar-refractivity contribution is 8.00. The standard InChI is InChI=1S/C23H29N5O2S/c1-15-7-6-8-18(13-15)25-21(29)16(2)31-22-27-26-20(28(22)24)14-30-19-11-9-17(10-12-19)23(3,4)5/h6-13,16H,14,24H2,1-5H3,(H,25,29). The summed E-state index contributed by atoms with van der Waals surface area (Å²) < 4.78 is 7.17. The molecule has 3 rings (SSSR count). The van der Waals surface area contributed by atoms with E-state index in [1.807, 2.05) is 43.3 Å². The van der Waals surface area contributed by atoms with Crippen LogP contribution in [0.1, 0.15) is 44.6 Å². The van der Waals surface area contributed by atoms with Crippen molar-refractivity contribution >= 4 is 23.4 Å². The number of benzene rings is 2. The van der Waals surface area contributed by atoms with Crippen molar-refractivity contribution in [3.63, 3.8) is 0 Å². The summed E-state index contributed by atoms with van der Waals surface area (Å²) in [6.45, 7) is 10.5. The minimum Gasteiger partial charge on any atom is -0.486 e. The quantitative estimate of drug-likeness (QED) is 0.421. The average molecular weight is 440 g/mol. The molecule has 1 amide bonds. The molecule has 31 heavy (non-hydrogen) atoms. The minimum atomic E-state index is -0.397. The van der Waals surface area contributed by atoms with E-state index in [-0.39, 0.29) is 17.9 Å². The zero-order valence-corrected chi connectivity index (χ0v) is 19.4. The van der Waals surface area contributed by atoms with E-state index in [4.69, 9.17) is 10.6 Å². The fourth-order valence-electron chi connectivity index (χ4n) is 2.86. The van der Waals surface area contributed by atoms with Crippen LogP contribution in [-0.2, 0) is 16.8 Å². The molecule has 0 radical (unpaired) electrons. The summed E-state index contributed by atoms with van der Waals surface area (Å²) in [4.78, 5) is 12.5. The van der Waals surface area contributed by atoms with Gasteiger partial charge in [0.15, 0.2) is 5.82 Å². The van der Waals surface area contributed by atoms with Gasteiger partial charge in [-0.25, -0.2) is 4.68 Å². The molecule has 164 valence electrons. The number of nitrogens with two attached hydrogens (primary N) is 1. The third-order valence-electron chi connectivity index (χ3n) is 4.76. The van der Waals surface area contributed by atoms with Crippen LogP contribution in [-0.4, -0.2) is 26.0 Å². The molecule has 0 saturated carbocycles.